The number of nitrogens with zero attached hydrogens (tertiary/aromatic N) is 1. The van der Waals surface area contributed by atoms with E-state index in [-0.39, 0.29) is 0 Å². The van der Waals surface area contributed by atoms with Crippen LogP contribution in [-0.2, 0) is 4.79 Å². The maximum Gasteiger partial charge on any atom is 0.328 e. The summed E-state index contributed by atoms with van der Waals surface area (Å²) >= 11 is 0. The summed E-state index contributed by atoms with van der Waals surface area (Å²) in [6.45, 7) is 5.57. The van der Waals surface area contributed by atoms with Gasteiger partial charge in [0.15, 0.2) is 0 Å². The predicted molar refractivity (Wildman–Crippen MR) is 79.2 cm³/mol. The molecule has 1 aromatic rings. The number of rotatable bonds is 6. The van der Waals surface area contributed by atoms with Gasteiger partial charge < -0.3 is 10.0 Å². The van der Waals surface area contributed by atoms with Crippen molar-refractivity contribution in [3.63, 3.8) is 0 Å². The molecule has 1 rings (SSSR count). The van der Waals surface area contributed by atoms with E-state index in [2.05, 4.69) is 17.7 Å². The third-order valence-electron chi connectivity index (χ3n) is 2.80. The molecule has 0 saturated heterocycles. The molecule has 3 heteroatoms. The summed E-state index contributed by atoms with van der Waals surface area (Å²) in [6, 6.07) is 5.93. The molecule has 0 aliphatic carbocycles. The van der Waals surface area contributed by atoms with Crippen molar-refractivity contribution in [3.8, 4) is 12.3 Å². The summed E-state index contributed by atoms with van der Waals surface area (Å²) < 4.78 is 0. The molecule has 0 bridgehead atoms. The number of carboxylic acids is 1. The lowest BCUT2D eigenvalue weighted by atomic mass is 10.1. The first-order valence-corrected chi connectivity index (χ1v) is 6.28. The minimum Gasteiger partial charge on any atom is -0.478 e. The molecule has 1 N–H and O–H groups in total. The summed E-state index contributed by atoms with van der Waals surface area (Å²) in [6.07, 6.45) is 9.16. The van der Waals surface area contributed by atoms with E-state index in [1.807, 2.05) is 25.1 Å². The Morgan fingerprint density at radius 3 is 2.79 bits per heavy atom. The fourth-order valence-corrected chi connectivity index (χ4v) is 1.88. The largest absolute Gasteiger partial charge is 0.478 e. The van der Waals surface area contributed by atoms with Crippen LogP contribution in [0.25, 0.3) is 6.08 Å². The van der Waals surface area contributed by atoms with Crippen LogP contribution in [0, 0.1) is 19.3 Å². The first kappa shape index (κ1) is 14.8. The number of benzene rings is 1. The van der Waals surface area contributed by atoms with Gasteiger partial charge in [-0.15, -0.1) is 6.42 Å². The lowest BCUT2D eigenvalue weighted by molar-refractivity contribution is -0.131. The molecule has 0 heterocycles. The Morgan fingerprint density at radius 1 is 1.53 bits per heavy atom. The van der Waals surface area contributed by atoms with Crippen molar-refractivity contribution in [3.05, 3.63) is 35.4 Å². The Hall–Kier alpha value is -2.21. The van der Waals surface area contributed by atoms with Crippen LogP contribution in [0.2, 0.25) is 0 Å². The van der Waals surface area contributed by atoms with E-state index in [0.717, 1.165) is 35.9 Å². The smallest absolute Gasteiger partial charge is 0.328 e. The molecule has 0 unspecified atom stereocenters. The highest BCUT2D eigenvalue weighted by Gasteiger charge is 2.05. The van der Waals surface area contributed by atoms with Gasteiger partial charge in [0, 0.05) is 18.3 Å². The van der Waals surface area contributed by atoms with Gasteiger partial charge in [-0.25, -0.2) is 4.79 Å². The number of anilines is 1. The molecule has 100 valence electrons. The van der Waals surface area contributed by atoms with Crippen molar-refractivity contribution in [2.45, 2.75) is 20.3 Å². The van der Waals surface area contributed by atoms with Gasteiger partial charge in [0.25, 0.3) is 0 Å². The lowest BCUT2D eigenvalue weighted by Gasteiger charge is -2.22. The molecule has 0 radical (unpaired) electrons. The zero-order valence-electron chi connectivity index (χ0n) is 11.4. The number of aryl methyl sites for hydroxylation is 1. The van der Waals surface area contributed by atoms with E-state index in [1.165, 1.54) is 0 Å². The second-order valence-corrected chi connectivity index (χ2v) is 4.34. The van der Waals surface area contributed by atoms with Gasteiger partial charge in [0.2, 0.25) is 0 Å². The highest BCUT2D eigenvalue weighted by molar-refractivity contribution is 5.85. The molecule has 19 heavy (non-hydrogen) atoms. The Bertz CT molecular complexity index is 512. The van der Waals surface area contributed by atoms with Gasteiger partial charge in [-0.05, 0) is 42.7 Å². The second-order valence-electron chi connectivity index (χ2n) is 4.34. The van der Waals surface area contributed by atoms with Crippen LogP contribution in [0.3, 0.4) is 0 Å². The second kappa shape index (κ2) is 7.27. The van der Waals surface area contributed by atoms with Crippen LogP contribution in [0.4, 0.5) is 5.69 Å². The van der Waals surface area contributed by atoms with Crippen molar-refractivity contribution in [1.82, 2.24) is 0 Å². The monoisotopic (exact) mass is 257 g/mol. The molecule has 0 aliphatic heterocycles. The fourth-order valence-electron chi connectivity index (χ4n) is 1.88. The molecule has 0 fully saturated rings. The molecule has 0 atom stereocenters. The number of carbonyl (C=O) groups is 1. The van der Waals surface area contributed by atoms with Crippen molar-refractivity contribution < 1.29 is 9.90 Å². The third-order valence-corrected chi connectivity index (χ3v) is 2.80. The van der Waals surface area contributed by atoms with Crippen molar-refractivity contribution >= 4 is 17.7 Å². The third kappa shape index (κ3) is 4.51. The van der Waals surface area contributed by atoms with Crippen molar-refractivity contribution in [2.24, 2.45) is 0 Å². The summed E-state index contributed by atoms with van der Waals surface area (Å²) in [5.41, 5.74) is 3.02. The Balaban J connectivity index is 2.97. The molecule has 0 aromatic heterocycles. The Morgan fingerprint density at radius 2 is 2.26 bits per heavy atom. The van der Waals surface area contributed by atoms with E-state index >= 15 is 0 Å². The molecule has 0 aliphatic rings. The SMILES string of the molecule is C#CCN(CCC)c1ccc(/C=C/C(=O)O)c(C)c1. The standard InChI is InChI=1S/C16H19NO2/c1-4-10-17(11-5-2)15-8-6-14(13(3)12-15)7-9-16(18)19/h1,6-9,12H,5,10-11H2,2-3H3,(H,18,19)/b9-7+. The molecule has 0 amide bonds. The number of hydrogen-bond acceptors (Lipinski definition) is 2. The summed E-state index contributed by atoms with van der Waals surface area (Å²) in [5.74, 6) is 1.72. The fraction of sp³-hybridized carbons (Fsp3) is 0.312. The van der Waals surface area contributed by atoms with Crippen LogP contribution in [0.5, 0.6) is 0 Å². The summed E-state index contributed by atoms with van der Waals surface area (Å²) in [5, 5.41) is 8.63. The first-order valence-electron chi connectivity index (χ1n) is 6.28. The molecular formula is C16H19NO2. The molecule has 0 saturated carbocycles. The van der Waals surface area contributed by atoms with Gasteiger partial charge in [-0.3, -0.25) is 0 Å². The predicted octanol–water partition coefficient (Wildman–Crippen LogP) is 2.94. The molecular weight excluding hydrogens is 238 g/mol. The van der Waals surface area contributed by atoms with Gasteiger partial charge in [0.1, 0.15) is 0 Å². The van der Waals surface area contributed by atoms with Gasteiger partial charge in [0.05, 0.1) is 6.54 Å². The topological polar surface area (TPSA) is 40.5 Å². The Labute approximate surface area is 114 Å². The van der Waals surface area contributed by atoms with Crippen LogP contribution < -0.4 is 4.90 Å². The molecule has 0 spiro atoms. The molecule has 1 aromatic carbocycles. The highest BCUT2D eigenvalue weighted by atomic mass is 16.4. The van der Waals surface area contributed by atoms with Crippen LogP contribution in [0.15, 0.2) is 24.3 Å². The molecule has 3 nitrogen and oxygen atoms in total. The zero-order valence-corrected chi connectivity index (χ0v) is 11.4. The van der Waals surface area contributed by atoms with E-state index in [4.69, 9.17) is 11.5 Å². The number of terminal acetylenes is 1. The lowest BCUT2D eigenvalue weighted by Crippen LogP contribution is -2.24. The highest BCUT2D eigenvalue weighted by Crippen LogP contribution is 2.20. The Kier molecular flexibility index (Phi) is 5.69. The summed E-state index contributed by atoms with van der Waals surface area (Å²) in [4.78, 5) is 12.6. The van der Waals surface area contributed by atoms with E-state index in [1.54, 1.807) is 6.08 Å². The maximum absolute atomic E-state index is 10.5. The van der Waals surface area contributed by atoms with Gasteiger partial charge >= 0.3 is 5.97 Å². The number of aliphatic carboxylic acids is 1. The van der Waals surface area contributed by atoms with E-state index < -0.39 is 5.97 Å². The number of carboxylic acid groups (broad SMARTS) is 1. The van der Waals surface area contributed by atoms with Gasteiger partial charge in [-0.2, -0.15) is 0 Å². The van der Waals surface area contributed by atoms with E-state index in [0.29, 0.717) is 6.54 Å². The minimum atomic E-state index is -0.941. The minimum absolute atomic E-state index is 0.581. The van der Waals surface area contributed by atoms with Crippen LogP contribution in [0.1, 0.15) is 24.5 Å². The zero-order chi connectivity index (χ0) is 14.3. The average Bonchev–Trinajstić information content (AvgIpc) is 2.37. The van der Waals surface area contributed by atoms with Crippen molar-refractivity contribution in [1.29, 1.82) is 0 Å². The number of hydrogen-bond donors (Lipinski definition) is 1. The summed E-state index contributed by atoms with van der Waals surface area (Å²) in [7, 11) is 0. The first-order chi connectivity index (χ1) is 9.08. The van der Waals surface area contributed by atoms with E-state index in [9.17, 15) is 4.79 Å². The van der Waals surface area contributed by atoms with Crippen LogP contribution in [-0.4, -0.2) is 24.2 Å². The van der Waals surface area contributed by atoms with Crippen LogP contribution >= 0.6 is 0 Å². The average molecular weight is 257 g/mol. The van der Waals surface area contributed by atoms with Gasteiger partial charge in [-0.1, -0.05) is 18.9 Å². The normalized spacial score (nSPS) is 10.4. The maximum atomic E-state index is 10.5. The quantitative estimate of drug-likeness (QED) is 0.629. The van der Waals surface area contributed by atoms with Crippen molar-refractivity contribution in [2.75, 3.05) is 18.0 Å².